The number of amides is 1. The van der Waals surface area contributed by atoms with E-state index in [4.69, 9.17) is 13.7 Å². The Hall–Kier alpha value is -0.860. The molecule has 2 rings (SSSR count). The highest BCUT2D eigenvalue weighted by molar-refractivity contribution is 7.85. The minimum Gasteiger partial charge on any atom is -0.443 e. The molecule has 0 radical (unpaired) electrons. The van der Waals surface area contributed by atoms with E-state index in [9.17, 15) is 13.2 Å². The first-order valence-electron chi connectivity index (χ1n) is 6.18. The van der Waals surface area contributed by atoms with Crippen LogP contribution in [0.15, 0.2) is 0 Å². The average molecular weight is 293 g/mol. The van der Waals surface area contributed by atoms with Crippen LogP contribution >= 0.6 is 0 Å². The van der Waals surface area contributed by atoms with E-state index < -0.39 is 28.0 Å². The Morgan fingerprint density at radius 3 is 2.42 bits per heavy atom. The molecule has 0 spiro atoms. The third-order valence-electron chi connectivity index (χ3n) is 2.87. The highest BCUT2D eigenvalue weighted by atomic mass is 32.2. The number of carbonyl (C=O) groups is 1. The van der Waals surface area contributed by atoms with Crippen molar-refractivity contribution in [1.29, 1.82) is 0 Å². The Morgan fingerprint density at radius 2 is 1.95 bits per heavy atom. The molecule has 0 aromatic carbocycles. The Morgan fingerprint density at radius 1 is 1.32 bits per heavy atom. The van der Waals surface area contributed by atoms with Crippen molar-refractivity contribution in [2.45, 2.75) is 38.8 Å². The zero-order chi connectivity index (χ0) is 14.3. The maximum absolute atomic E-state index is 12.0. The van der Waals surface area contributed by atoms with Crippen molar-refractivity contribution in [3.8, 4) is 0 Å². The molecule has 2 saturated heterocycles. The molecule has 2 fully saturated rings. The summed E-state index contributed by atoms with van der Waals surface area (Å²) in [6, 6.07) is -0.506. The molecule has 0 N–H and O–H groups in total. The predicted molar refractivity (Wildman–Crippen MR) is 65.7 cm³/mol. The monoisotopic (exact) mass is 293 g/mol. The molecule has 110 valence electrons. The van der Waals surface area contributed by atoms with E-state index in [1.807, 2.05) is 0 Å². The lowest BCUT2D eigenvalue weighted by Crippen LogP contribution is -2.45. The van der Waals surface area contributed by atoms with E-state index in [-0.39, 0.29) is 12.5 Å². The summed E-state index contributed by atoms with van der Waals surface area (Å²) in [6.45, 7) is 6.23. The predicted octanol–water partition coefficient (Wildman–Crippen LogP) is 0.904. The lowest BCUT2D eigenvalue weighted by Gasteiger charge is -2.31. The number of ether oxygens (including phenoxy) is 2. The SMILES string of the molecule is CC(C)(C)OC(=O)N1C(CC2COC2)COS1(=O)=O. The van der Waals surface area contributed by atoms with Crippen LogP contribution in [-0.4, -0.2) is 50.3 Å². The van der Waals surface area contributed by atoms with Gasteiger partial charge in [0.15, 0.2) is 0 Å². The minimum absolute atomic E-state index is 0.0158. The highest BCUT2D eigenvalue weighted by Gasteiger charge is 2.45. The smallest absolute Gasteiger partial charge is 0.426 e. The van der Waals surface area contributed by atoms with Gasteiger partial charge in [-0.05, 0) is 27.2 Å². The van der Waals surface area contributed by atoms with E-state index in [1.165, 1.54) is 0 Å². The molecule has 0 aromatic heterocycles. The largest absolute Gasteiger partial charge is 0.443 e. The van der Waals surface area contributed by atoms with Crippen molar-refractivity contribution >= 4 is 16.4 Å². The van der Waals surface area contributed by atoms with Crippen LogP contribution in [0.3, 0.4) is 0 Å². The molecule has 0 aromatic rings. The van der Waals surface area contributed by atoms with E-state index in [1.54, 1.807) is 20.8 Å². The van der Waals surface area contributed by atoms with E-state index >= 15 is 0 Å². The molecule has 1 atom stereocenters. The molecular formula is C11H19NO6S. The first-order chi connectivity index (χ1) is 8.69. The Labute approximate surface area is 113 Å². The quantitative estimate of drug-likeness (QED) is 0.752. The highest BCUT2D eigenvalue weighted by Crippen LogP contribution is 2.28. The topological polar surface area (TPSA) is 82.1 Å². The van der Waals surface area contributed by atoms with Crippen molar-refractivity contribution in [2.24, 2.45) is 5.92 Å². The van der Waals surface area contributed by atoms with Gasteiger partial charge in [0.25, 0.3) is 0 Å². The molecule has 1 amide bonds. The summed E-state index contributed by atoms with van der Waals surface area (Å²) < 4.78 is 39.1. The fraction of sp³-hybridized carbons (Fsp3) is 0.909. The second-order valence-electron chi connectivity index (χ2n) is 5.81. The van der Waals surface area contributed by atoms with Gasteiger partial charge in [-0.2, -0.15) is 12.7 Å². The van der Waals surface area contributed by atoms with Crippen molar-refractivity contribution in [2.75, 3.05) is 19.8 Å². The number of hydrogen-bond donors (Lipinski definition) is 0. The number of carbonyl (C=O) groups excluding carboxylic acids is 1. The molecule has 0 saturated carbocycles. The third-order valence-corrected chi connectivity index (χ3v) is 4.23. The van der Waals surface area contributed by atoms with E-state index in [0.717, 1.165) is 4.31 Å². The third kappa shape index (κ3) is 3.37. The summed E-state index contributed by atoms with van der Waals surface area (Å²) in [5.74, 6) is 0.270. The number of hydrogen-bond acceptors (Lipinski definition) is 6. The fourth-order valence-electron chi connectivity index (χ4n) is 1.99. The van der Waals surface area contributed by atoms with Crippen molar-refractivity contribution < 1.29 is 26.9 Å². The minimum atomic E-state index is -4.02. The van der Waals surface area contributed by atoms with Gasteiger partial charge in [0, 0.05) is 5.92 Å². The average Bonchev–Trinajstić information content (AvgIpc) is 2.44. The van der Waals surface area contributed by atoms with Crippen LogP contribution in [0.2, 0.25) is 0 Å². The Balaban J connectivity index is 2.09. The molecule has 2 aliphatic heterocycles. The molecule has 2 heterocycles. The van der Waals surface area contributed by atoms with Crippen molar-refractivity contribution in [1.82, 2.24) is 4.31 Å². The number of rotatable bonds is 2. The van der Waals surface area contributed by atoms with Gasteiger partial charge in [-0.1, -0.05) is 0 Å². The van der Waals surface area contributed by atoms with Gasteiger partial charge < -0.3 is 9.47 Å². The zero-order valence-corrected chi connectivity index (χ0v) is 12.1. The fourth-order valence-corrected chi connectivity index (χ4v) is 3.16. The maximum atomic E-state index is 12.0. The van der Waals surface area contributed by atoms with Gasteiger partial charge in [-0.3, -0.25) is 4.18 Å². The summed E-state index contributed by atoms with van der Waals surface area (Å²) in [7, 11) is -4.02. The van der Waals surface area contributed by atoms with Crippen LogP contribution in [0.25, 0.3) is 0 Å². The zero-order valence-electron chi connectivity index (χ0n) is 11.3. The molecule has 8 heteroatoms. The van der Waals surface area contributed by atoms with Crippen LogP contribution in [0.4, 0.5) is 4.79 Å². The summed E-state index contributed by atoms with van der Waals surface area (Å²) in [5.41, 5.74) is -0.751. The first-order valence-corrected chi connectivity index (χ1v) is 7.55. The maximum Gasteiger partial charge on any atom is 0.426 e. The lowest BCUT2D eigenvalue weighted by atomic mass is 9.99. The van der Waals surface area contributed by atoms with Gasteiger partial charge in [-0.15, -0.1) is 0 Å². The van der Waals surface area contributed by atoms with Gasteiger partial charge >= 0.3 is 16.4 Å². The summed E-state index contributed by atoms with van der Waals surface area (Å²) >= 11 is 0. The van der Waals surface area contributed by atoms with Crippen molar-refractivity contribution in [3.05, 3.63) is 0 Å². The van der Waals surface area contributed by atoms with Crippen LogP contribution in [0.5, 0.6) is 0 Å². The summed E-state index contributed by atoms with van der Waals surface area (Å²) in [6.07, 6.45) is -0.339. The molecule has 1 unspecified atom stereocenters. The second kappa shape index (κ2) is 4.92. The standard InChI is InChI=1S/C11H19NO6S/c1-11(2,3)18-10(13)12-9(4-8-5-16-6-8)7-17-19(12,14)15/h8-9H,4-7H2,1-3H3. The lowest BCUT2D eigenvalue weighted by molar-refractivity contribution is -0.0439. The van der Waals surface area contributed by atoms with Crippen molar-refractivity contribution in [3.63, 3.8) is 0 Å². The van der Waals surface area contributed by atoms with Crippen LogP contribution < -0.4 is 0 Å². The second-order valence-corrected chi connectivity index (χ2v) is 7.30. The molecular weight excluding hydrogens is 274 g/mol. The summed E-state index contributed by atoms with van der Waals surface area (Å²) in [5, 5.41) is 0. The van der Waals surface area contributed by atoms with Crippen LogP contribution in [0, 0.1) is 5.92 Å². The molecule has 2 aliphatic rings. The first kappa shape index (κ1) is 14.5. The van der Waals surface area contributed by atoms with Gasteiger partial charge in [0.05, 0.1) is 25.9 Å². The molecule has 0 bridgehead atoms. The molecule has 7 nitrogen and oxygen atoms in total. The van der Waals surface area contributed by atoms with Gasteiger partial charge in [0.2, 0.25) is 0 Å². The number of nitrogens with zero attached hydrogens (tertiary/aromatic N) is 1. The van der Waals surface area contributed by atoms with Crippen LogP contribution in [0.1, 0.15) is 27.2 Å². The Kier molecular flexibility index (Phi) is 3.76. The van der Waals surface area contributed by atoms with Gasteiger partial charge in [-0.25, -0.2) is 4.79 Å². The van der Waals surface area contributed by atoms with Gasteiger partial charge in [0.1, 0.15) is 5.60 Å². The van der Waals surface area contributed by atoms with E-state index in [2.05, 4.69) is 0 Å². The normalized spacial score (nSPS) is 27.1. The van der Waals surface area contributed by atoms with Crippen LogP contribution in [-0.2, 0) is 24.0 Å². The van der Waals surface area contributed by atoms with E-state index in [0.29, 0.717) is 19.6 Å². The molecule has 0 aliphatic carbocycles. The summed E-state index contributed by atoms with van der Waals surface area (Å²) in [4.78, 5) is 12.0. The molecule has 19 heavy (non-hydrogen) atoms. The Bertz CT molecular complexity index is 450.